The van der Waals surface area contributed by atoms with E-state index in [-0.39, 0.29) is 11.8 Å². The zero-order valence-electron chi connectivity index (χ0n) is 13.2. The van der Waals surface area contributed by atoms with Gasteiger partial charge >= 0.3 is 0 Å². The summed E-state index contributed by atoms with van der Waals surface area (Å²) >= 11 is 0. The van der Waals surface area contributed by atoms with Crippen LogP contribution >= 0.6 is 0 Å². The topological polar surface area (TPSA) is 58.2 Å². The quantitative estimate of drug-likeness (QED) is 0.719. The normalized spacial score (nSPS) is 10.5. The maximum Gasteiger partial charge on any atom is 0.251 e. The van der Waals surface area contributed by atoms with Crippen molar-refractivity contribution in [2.75, 3.05) is 11.9 Å². The lowest BCUT2D eigenvalue weighted by molar-refractivity contribution is -0.116. The fourth-order valence-corrected chi connectivity index (χ4v) is 1.86. The summed E-state index contributed by atoms with van der Waals surface area (Å²) in [7, 11) is 0. The number of hydrogen-bond donors (Lipinski definition) is 2. The zero-order valence-corrected chi connectivity index (χ0v) is 13.2. The SMILES string of the molecule is CCCCCC(=O)Nc1ccc(C(=O)NCC(C)C)cc1. The van der Waals surface area contributed by atoms with Crippen molar-refractivity contribution in [2.45, 2.75) is 46.5 Å². The molecule has 0 aliphatic rings. The summed E-state index contributed by atoms with van der Waals surface area (Å²) in [4.78, 5) is 23.6. The molecule has 0 atom stereocenters. The van der Waals surface area contributed by atoms with Gasteiger partial charge in [-0.25, -0.2) is 0 Å². The van der Waals surface area contributed by atoms with E-state index in [2.05, 4.69) is 31.4 Å². The molecular formula is C17H26N2O2. The standard InChI is InChI=1S/C17H26N2O2/c1-4-5-6-7-16(20)19-15-10-8-14(9-11-15)17(21)18-12-13(2)3/h8-11,13H,4-7,12H2,1-3H3,(H,18,21)(H,19,20). The average Bonchev–Trinajstić information content (AvgIpc) is 2.45. The van der Waals surface area contributed by atoms with E-state index in [1.54, 1.807) is 24.3 Å². The van der Waals surface area contributed by atoms with Crippen LogP contribution in [0.4, 0.5) is 5.69 Å². The third-order valence-electron chi connectivity index (χ3n) is 3.11. The molecule has 2 amide bonds. The predicted molar refractivity (Wildman–Crippen MR) is 86.4 cm³/mol. The molecule has 0 bridgehead atoms. The van der Waals surface area contributed by atoms with E-state index in [0.717, 1.165) is 24.9 Å². The number of nitrogens with one attached hydrogen (secondary N) is 2. The Balaban J connectivity index is 2.46. The first kappa shape index (κ1) is 17.2. The molecule has 0 saturated heterocycles. The van der Waals surface area contributed by atoms with Crippen LogP contribution in [-0.4, -0.2) is 18.4 Å². The van der Waals surface area contributed by atoms with Crippen molar-refractivity contribution in [2.24, 2.45) is 5.92 Å². The lowest BCUT2D eigenvalue weighted by Gasteiger charge is -2.09. The van der Waals surface area contributed by atoms with E-state index >= 15 is 0 Å². The largest absolute Gasteiger partial charge is 0.352 e. The van der Waals surface area contributed by atoms with Gasteiger partial charge in [0.15, 0.2) is 0 Å². The minimum Gasteiger partial charge on any atom is -0.352 e. The Bertz CT molecular complexity index is 452. The second-order valence-corrected chi connectivity index (χ2v) is 5.69. The first-order valence-electron chi connectivity index (χ1n) is 7.71. The van der Waals surface area contributed by atoms with Crippen LogP contribution in [-0.2, 0) is 4.79 Å². The van der Waals surface area contributed by atoms with Crippen molar-refractivity contribution < 1.29 is 9.59 Å². The van der Waals surface area contributed by atoms with Crippen LogP contribution in [0.25, 0.3) is 0 Å². The maximum atomic E-state index is 11.9. The summed E-state index contributed by atoms with van der Waals surface area (Å²) in [6, 6.07) is 7.00. The van der Waals surface area contributed by atoms with E-state index in [0.29, 0.717) is 24.4 Å². The molecule has 1 aromatic rings. The van der Waals surface area contributed by atoms with Gasteiger partial charge in [-0.1, -0.05) is 33.6 Å². The van der Waals surface area contributed by atoms with E-state index in [4.69, 9.17) is 0 Å². The highest BCUT2D eigenvalue weighted by Gasteiger charge is 2.07. The molecule has 0 aromatic heterocycles. The van der Waals surface area contributed by atoms with Crippen molar-refractivity contribution in [3.8, 4) is 0 Å². The Morgan fingerprint density at radius 3 is 2.33 bits per heavy atom. The lowest BCUT2D eigenvalue weighted by atomic mass is 10.1. The summed E-state index contributed by atoms with van der Waals surface area (Å²) in [5, 5.41) is 5.71. The molecule has 0 aliphatic carbocycles. The molecule has 0 unspecified atom stereocenters. The number of hydrogen-bond acceptors (Lipinski definition) is 2. The molecular weight excluding hydrogens is 264 g/mol. The number of carbonyl (C=O) groups excluding carboxylic acids is 2. The van der Waals surface area contributed by atoms with Gasteiger partial charge in [0.2, 0.25) is 5.91 Å². The van der Waals surface area contributed by atoms with Gasteiger partial charge in [0.1, 0.15) is 0 Å². The van der Waals surface area contributed by atoms with Gasteiger partial charge < -0.3 is 10.6 Å². The third-order valence-corrected chi connectivity index (χ3v) is 3.11. The second kappa shape index (κ2) is 9.16. The molecule has 0 radical (unpaired) electrons. The molecule has 116 valence electrons. The van der Waals surface area contributed by atoms with Gasteiger partial charge in [0.25, 0.3) is 5.91 Å². The summed E-state index contributed by atoms with van der Waals surface area (Å²) < 4.78 is 0. The van der Waals surface area contributed by atoms with Crippen molar-refractivity contribution in [3.05, 3.63) is 29.8 Å². The molecule has 4 heteroatoms. The highest BCUT2D eigenvalue weighted by molar-refractivity contribution is 5.95. The van der Waals surface area contributed by atoms with Gasteiger partial charge in [-0.05, 0) is 36.6 Å². The lowest BCUT2D eigenvalue weighted by Crippen LogP contribution is -2.27. The van der Waals surface area contributed by atoms with E-state index in [9.17, 15) is 9.59 Å². The van der Waals surface area contributed by atoms with Crippen molar-refractivity contribution in [3.63, 3.8) is 0 Å². The number of benzene rings is 1. The molecule has 4 nitrogen and oxygen atoms in total. The van der Waals surface area contributed by atoms with Crippen LogP contribution in [0, 0.1) is 5.92 Å². The monoisotopic (exact) mass is 290 g/mol. The van der Waals surface area contributed by atoms with Gasteiger partial charge in [0, 0.05) is 24.2 Å². The zero-order chi connectivity index (χ0) is 15.7. The third kappa shape index (κ3) is 6.93. The molecule has 0 saturated carbocycles. The summed E-state index contributed by atoms with van der Waals surface area (Å²) in [5.41, 5.74) is 1.34. The van der Waals surface area contributed by atoms with Crippen molar-refractivity contribution in [1.29, 1.82) is 0 Å². The smallest absolute Gasteiger partial charge is 0.251 e. The van der Waals surface area contributed by atoms with Crippen LogP contribution in [0.5, 0.6) is 0 Å². The first-order valence-corrected chi connectivity index (χ1v) is 7.71. The fourth-order valence-electron chi connectivity index (χ4n) is 1.86. The van der Waals surface area contributed by atoms with Gasteiger partial charge in [-0.15, -0.1) is 0 Å². The predicted octanol–water partition coefficient (Wildman–Crippen LogP) is 3.59. The number of rotatable bonds is 8. The fraction of sp³-hybridized carbons (Fsp3) is 0.529. The summed E-state index contributed by atoms with van der Waals surface area (Å²) in [6.45, 7) is 6.88. The Morgan fingerprint density at radius 1 is 1.10 bits per heavy atom. The number of carbonyl (C=O) groups is 2. The molecule has 0 aliphatic heterocycles. The highest BCUT2D eigenvalue weighted by Crippen LogP contribution is 2.11. The van der Waals surface area contributed by atoms with Crippen LogP contribution in [0.3, 0.4) is 0 Å². The summed E-state index contributed by atoms with van der Waals surface area (Å²) in [5.74, 6) is 0.376. The van der Waals surface area contributed by atoms with Gasteiger partial charge in [-0.2, -0.15) is 0 Å². The summed E-state index contributed by atoms with van der Waals surface area (Å²) in [6.07, 6.45) is 3.64. The number of anilines is 1. The highest BCUT2D eigenvalue weighted by atomic mass is 16.2. The maximum absolute atomic E-state index is 11.9. The minimum absolute atomic E-state index is 0.0282. The van der Waals surface area contributed by atoms with Crippen LogP contribution in [0.1, 0.15) is 56.8 Å². The van der Waals surface area contributed by atoms with Crippen molar-refractivity contribution in [1.82, 2.24) is 5.32 Å². The van der Waals surface area contributed by atoms with Crippen LogP contribution in [0.2, 0.25) is 0 Å². The minimum atomic E-state index is -0.0791. The van der Waals surface area contributed by atoms with E-state index in [1.165, 1.54) is 0 Å². The number of amides is 2. The molecule has 1 rings (SSSR count). The first-order chi connectivity index (χ1) is 10.0. The van der Waals surface area contributed by atoms with E-state index < -0.39 is 0 Å². The van der Waals surface area contributed by atoms with Crippen LogP contribution < -0.4 is 10.6 Å². The average molecular weight is 290 g/mol. The Labute approximate surface area is 127 Å². The molecule has 0 heterocycles. The molecule has 0 fully saturated rings. The van der Waals surface area contributed by atoms with E-state index in [1.807, 2.05) is 0 Å². The Morgan fingerprint density at radius 2 is 1.76 bits per heavy atom. The van der Waals surface area contributed by atoms with Gasteiger partial charge in [-0.3, -0.25) is 9.59 Å². The second-order valence-electron chi connectivity index (χ2n) is 5.69. The van der Waals surface area contributed by atoms with Crippen LogP contribution in [0.15, 0.2) is 24.3 Å². The number of unbranched alkanes of at least 4 members (excludes halogenated alkanes) is 2. The Hall–Kier alpha value is -1.84. The van der Waals surface area contributed by atoms with Gasteiger partial charge in [0.05, 0.1) is 0 Å². The molecule has 1 aromatic carbocycles. The molecule has 0 spiro atoms. The molecule has 2 N–H and O–H groups in total. The molecule has 21 heavy (non-hydrogen) atoms. The van der Waals surface area contributed by atoms with Crippen molar-refractivity contribution >= 4 is 17.5 Å². The Kier molecular flexibility index (Phi) is 7.51.